The van der Waals surface area contributed by atoms with Crippen molar-refractivity contribution in [3.63, 3.8) is 0 Å². The highest BCUT2D eigenvalue weighted by molar-refractivity contribution is 7.89. The van der Waals surface area contributed by atoms with Crippen LogP contribution in [0.3, 0.4) is 0 Å². The molecule has 0 unspecified atom stereocenters. The minimum absolute atomic E-state index is 0.271. The highest BCUT2D eigenvalue weighted by atomic mass is 32.2. The molecule has 1 N–H and O–H groups in total. The summed E-state index contributed by atoms with van der Waals surface area (Å²) < 4.78 is 37.8. The fraction of sp³-hybridized carbons (Fsp3) is 0.625. The molecule has 0 spiro atoms. The van der Waals surface area contributed by atoms with Gasteiger partial charge in [0.1, 0.15) is 5.75 Å². The molecule has 130 valence electrons. The molecule has 1 fully saturated rings. The molecule has 1 aliphatic heterocycles. The summed E-state index contributed by atoms with van der Waals surface area (Å²) in [6.07, 6.45) is 1.71. The fourth-order valence-electron chi connectivity index (χ4n) is 2.35. The van der Waals surface area contributed by atoms with Crippen molar-refractivity contribution in [2.45, 2.75) is 24.7 Å². The average Bonchev–Trinajstić information content (AvgIpc) is 2.58. The highest BCUT2D eigenvalue weighted by Gasteiger charge is 2.14. The van der Waals surface area contributed by atoms with E-state index in [1.807, 2.05) is 6.92 Å². The summed E-state index contributed by atoms with van der Waals surface area (Å²) in [4.78, 5) is 2.56. The summed E-state index contributed by atoms with van der Waals surface area (Å²) in [5, 5.41) is 0. The monoisotopic (exact) mass is 342 g/mol. The van der Waals surface area contributed by atoms with E-state index < -0.39 is 10.0 Å². The zero-order valence-corrected chi connectivity index (χ0v) is 14.5. The SMILES string of the molecule is CCCOc1ccc(S(=O)(=O)NCCCN2CCOCC2)cc1. The number of hydrogen-bond donors (Lipinski definition) is 1. The van der Waals surface area contributed by atoms with Crippen LogP contribution in [0.4, 0.5) is 0 Å². The quantitative estimate of drug-likeness (QED) is 0.689. The molecular weight excluding hydrogens is 316 g/mol. The van der Waals surface area contributed by atoms with Crippen molar-refractivity contribution in [1.29, 1.82) is 0 Å². The first-order valence-electron chi connectivity index (χ1n) is 8.14. The van der Waals surface area contributed by atoms with Gasteiger partial charge in [-0.3, -0.25) is 4.90 Å². The Morgan fingerprint density at radius 1 is 1.22 bits per heavy atom. The Hall–Kier alpha value is -1.15. The molecule has 0 bridgehead atoms. The van der Waals surface area contributed by atoms with Crippen LogP contribution in [0.5, 0.6) is 5.75 Å². The molecule has 6 nitrogen and oxygen atoms in total. The van der Waals surface area contributed by atoms with Gasteiger partial charge in [0.05, 0.1) is 24.7 Å². The van der Waals surface area contributed by atoms with E-state index in [1.165, 1.54) is 0 Å². The van der Waals surface area contributed by atoms with Gasteiger partial charge in [-0.1, -0.05) is 6.92 Å². The predicted molar refractivity (Wildman–Crippen MR) is 89.3 cm³/mol. The summed E-state index contributed by atoms with van der Waals surface area (Å²) in [6, 6.07) is 6.54. The molecule has 0 aromatic heterocycles. The van der Waals surface area contributed by atoms with Crippen molar-refractivity contribution in [3.05, 3.63) is 24.3 Å². The Kier molecular flexibility index (Phi) is 7.29. The summed E-state index contributed by atoms with van der Waals surface area (Å²) in [5.41, 5.74) is 0. The Morgan fingerprint density at radius 2 is 1.91 bits per heavy atom. The third kappa shape index (κ3) is 6.10. The van der Waals surface area contributed by atoms with E-state index in [9.17, 15) is 8.42 Å². The number of nitrogens with zero attached hydrogens (tertiary/aromatic N) is 1. The first kappa shape index (κ1) is 18.2. The fourth-order valence-corrected chi connectivity index (χ4v) is 3.43. The van der Waals surface area contributed by atoms with Gasteiger partial charge in [0.25, 0.3) is 0 Å². The van der Waals surface area contributed by atoms with Crippen LogP contribution in [0.1, 0.15) is 19.8 Å². The van der Waals surface area contributed by atoms with Gasteiger partial charge < -0.3 is 9.47 Å². The standard InChI is InChI=1S/C16H26N2O4S/c1-2-12-22-15-4-6-16(7-5-15)23(19,20)17-8-3-9-18-10-13-21-14-11-18/h4-7,17H,2-3,8-14H2,1H3. The molecule has 0 saturated carbocycles. The molecule has 0 amide bonds. The van der Waals surface area contributed by atoms with Crippen LogP contribution in [-0.2, 0) is 14.8 Å². The first-order valence-corrected chi connectivity index (χ1v) is 9.63. The lowest BCUT2D eigenvalue weighted by molar-refractivity contribution is 0.0376. The molecule has 7 heteroatoms. The van der Waals surface area contributed by atoms with E-state index in [-0.39, 0.29) is 4.90 Å². The molecule has 23 heavy (non-hydrogen) atoms. The molecular formula is C16H26N2O4S. The molecule has 1 saturated heterocycles. The van der Waals surface area contributed by atoms with Crippen LogP contribution in [0.15, 0.2) is 29.2 Å². The smallest absolute Gasteiger partial charge is 0.240 e. The van der Waals surface area contributed by atoms with E-state index in [0.29, 0.717) is 18.9 Å². The molecule has 0 aliphatic carbocycles. The molecule has 1 aliphatic rings. The zero-order valence-electron chi connectivity index (χ0n) is 13.7. The maximum Gasteiger partial charge on any atom is 0.240 e. The summed E-state index contributed by atoms with van der Waals surface area (Å²) in [6.45, 7) is 7.35. The summed E-state index contributed by atoms with van der Waals surface area (Å²) in [7, 11) is -3.45. The van der Waals surface area contributed by atoms with Crippen molar-refractivity contribution >= 4 is 10.0 Å². The van der Waals surface area contributed by atoms with E-state index in [2.05, 4.69) is 9.62 Å². The lowest BCUT2D eigenvalue weighted by atomic mass is 10.3. The lowest BCUT2D eigenvalue weighted by Crippen LogP contribution is -2.38. The molecule has 2 rings (SSSR count). The zero-order chi connectivity index (χ0) is 16.5. The second-order valence-corrected chi connectivity index (χ2v) is 7.29. The van der Waals surface area contributed by atoms with Crippen molar-refractivity contribution in [1.82, 2.24) is 9.62 Å². The van der Waals surface area contributed by atoms with E-state index in [4.69, 9.17) is 9.47 Å². The van der Waals surface area contributed by atoms with Crippen molar-refractivity contribution in [2.75, 3.05) is 46.0 Å². The molecule has 1 heterocycles. The molecule has 1 aromatic carbocycles. The van der Waals surface area contributed by atoms with Crippen LogP contribution >= 0.6 is 0 Å². The van der Waals surface area contributed by atoms with Gasteiger partial charge in [-0.15, -0.1) is 0 Å². The number of sulfonamides is 1. The van der Waals surface area contributed by atoms with Gasteiger partial charge >= 0.3 is 0 Å². The Morgan fingerprint density at radius 3 is 2.57 bits per heavy atom. The van der Waals surface area contributed by atoms with E-state index in [0.717, 1.165) is 45.7 Å². The summed E-state index contributed by atoms with van der Waals surface area (Å²) >= 11 is 0. The predicted octanol–water partition coefficient (Wildman–Crippen LogP) is 1.48. The van der Waals surface area contributed by atoms with Gasteiger partial charge in [-0.2, -0.15) is 0 Å². The van der Waals surface area contributed by atoms with Crippen LogP contribution in [0.25, 0.3) is 0 Å². The van der Waals surface area contributed by atoms with Crippen molar-refractivity contribution in [2.24, 2.45) is 0 Å². The Balaban J connectivity index is 1.76. The minimum Gasteiger partial charge on any atom is -0.494 e. The molecule has 1 aromatic rings. The number of benzene rings is 1. The highest BCUT2D eigenvalue weighted by Crippen LogP contribution is 2.16. The van der Waals surface area contributed by atoms with Gasteiger partial charge in [0, 0.05) is 19.6 Å². The second kappa shape index (κ2) is 9.22. The third-order valence-electron chi connectivity index (χ3n) is 3.65. The lowest BCUT2D eigenvalue weighted by Gasteiger charge is -2.26. The number of rotatable bonds is 9. The number of morpholine rings is 1. The number of hydrogen-bond acceptors (Lipinski definition) is 5. The van der Waals surface area contributed by atoms with Crippen LogP contribution in [0, 0.1) is 0 Å². The third-order valence-corrected chi connectivity index (χ3v) is 5.13. The van der Waals surface area contributed by atoms with Gasteiger partial charge in [0.2, 0.25) is 10.0 Å². The van der Waals surface area contributed by atoms with Crippen molar-refractivity contribution in [3.8, 4) is 5.75 Å². The maximum atomic E-state index is 12.2. The van der Waals surface area contributed by atoms with Gasteiger partial charge in [0.15, 0.2) is 0 Å². The van der Waals surface area contributed by atoms with E-state index >= 15 is 0 Å². The van der Waals surface area contributed by atoms with Crippen LogP contribution in [0.2, 0.25) is 0 Å². The normalized spacial score (nSPS) is 16.4. The second-order valence-electron chi connectivity index (χ2n) is 5.53. The van der Waals surface area contributed by atoms with E-state index in [1.54, 1.807) is 24.3 Å². The summed E-state index contributed by atoms with van der Waals surface area (Å²) in [5.74, 6) is 0.693. The molecule has 0 radical (unpaired) electrons. The van der Waals surface area contributed by atoms with Crippen molar-refractivity contribution < 1.29 is 17.9 Å². The van der Waals surface area contributed by atoms with Gasteiger partial charge in [-0.05, 0) is 43.7 Å². The maximum absolute atomic E-state index is 12.2. The minimum atomic E-state index is -3.45. The Labute approximate surface area is 138 Å². The first-order chi connectivity index (χ1) is 11.1. The Bertz CT molecular complexity index is 554. The van der Waals surface area contributed by atoms with Crippen LogP contribution < -0.4 is 9.46 Å². The largest absolute Gasteiger partial charge is 0.494 e. The van der Waals surface area contributed by atoms with Crippen LogP contribution in [-0.4, -0.2) is 59.3 Å². The average molecular weight is 342 g/mol. The molecule has 0 atom stereocenters. The van der Waals surface area contributed by atoms with Gasteiger partial charge in [-0.25, -0.2) is 13.1 Å². The topological polar surface area (TPSA) is 67.9 Å². The number of ether oxygens (including phenoxy) is 2. The number of nitrogens with one attached hydrogen (secondary N) is 1.